The minimum absolute atomic E-state index is 0.0781. The molecule has 0 aliphatic carbocycles. The Labute approximate surface area is 129 Å². The molecule has 1 aromatic rings. The van der Waals surface area contributed by atoms with Gasteiger partial charge in [0.25, 0.3) is 5.91 Å². The number of ether oxygens (including phenoxy) is 1. The largest absolute Gasteiger partial charge is 0.447 e. The zero-order valence-corrected chi connectivity index (χ0v) is 12.7. The van der Waals surface area contributed by atoms with Crippen LogP contribution in [0.25, 0.3) is 0 Å². The zero-order chi connectivity index (χ0) is 15.5. The van der Waals surface area contributed by atoms with Gasteiger partial charge < -0.3 is 20.3 Å². The molecule has 118 valence electrons. The number of rotatable bonds is 3. The van der Waals surface area contributed by atoms with Crippen LogP contribution in [0.5, 0.6) is 0 Å². The summed E-state index contributed by atoms with van der Waals surface area (Å²) in [5.74, 6) is 0.545. The van der Waals surface area contributed by atoms with Gasteiger partial charge in [-0.3, -0.25) is 4.79 Å². The molecule has 0 spiro atoms. The summed E-state index contributed by atoms with van der Waals surface area (Å²) in [6.45, 7) is 4.53. The molecule has 1 atom stereocenters. The van der Waals surface area contributed by atoms with Crippen LogP contribution in [0.3, 0.4) is 0 Å². The van der Waals surface area contributed by atoms with Crippen molar-refractivity contribution in [1.29, 1.82) is 0 Å². The Balaban J connectivity index is 1.57. The Morgan fingerprint density at radius 3 is 2.55 bits per heavy atom. The first kappa shape index (κ1) is 14.7. The van der Waals surface area contributed by atoms with E-state index in [0.717, 1.165) is 24.7 Å². The number of anilines is 2. The fourth-order valence-electron chi connectivity index (χ4n) is 2.78. The standard InChI is InChI=1S/C16H21N3O3/c1-11-6-8-19(9-7-11)13-4-2-12(3-5-13)17-15(20)14-10-22-16(21)18-14/h2-5,11,14H,6-10H2,1H3,(H,17,20)(H,18,21). The first-order chi connectivity index (χ1) is 10.6. The van der Waals surface area contributed by atoms with Gasteiger partial charge in [-0.2, -0.15) is 0 Å². The van der Waals surface area contributed by atoms with Gasteiger partial charge in [-0.1, -0.05) is 6.92 Å². The van der Waals surface area contributed by atoms with Crippen molar-refractivity contribution < 1.29 is 14.3 Å². The number of amides is 2. The number of carbonyl (C=O) groups is 2. The van der Waals surface area contributed by atoms with Gasteiger partial charge in [0.2, 0.25) is 0 Å². The monoisotopic (exact) mass is 303 g/mol. The van der Waals surface area contributed by atoms with Crippen LogP contribution in [-0.4, -0.2) is 37.7 Å². The number of benzene rings is 1. The van der Waals surface area contributed by atoms with Gasteiger partial charge in [0.15, 0.2) is 0 Å². The molecule has 6 heteroatoms. The lowest BCUT2D eigenvalue weighted by atomic mass is 9.99. The number of nitrogens with zero attached hydrogens (tertiary/aromatic N) is 1. The molecular formula is C16H21N3O3. The molecule has 2 N–H and O–H groups in total. The van der Waals surface area contributed by atoms with Crippen molar-refractivity contribution in [3.8, 4) is 0 Å². The van der Waals surface area contributed by atoms with Crippen molar-refractivity contribution in [2.45, 2.75) is 25.8 Å². The molecule has 22 heavy (non-hydrogen) atoms. The summed E-state index contributed by atoms with van der Waals surface area (Å²) in [4.78, 5) is 25.3. The normalized spacial score (nSPS) is 22.1. The summed E-state index contributed by atoms with van der Waals surface area (Å²) in [6.07, 6.45) is 1.90. The molecule has 2 aliphatic rings. The summed E-state index contributed by atoms with van der Waals surface area (Å²) >= 11 is 0. The molecule has 2 fully saturated rings. The van der Waals surface area contributed by atoms with Crippen LogP contribution in [0.4, 0.5) is 16.2 Å². The van der Waals surface area contributed by atoms with Crippen molar-refractivity contribution in [2.75, 3.05) is 29.9 Å². The Kier molecular flexibility index (Phi) is 4.18. The van der Waals surface area contributed by atoms with E-state index in [2.05, 4.69) is 22.5 Å². The van der Waals surface area contributed by atoms with Crippen molar-refractivity contribution in [3.63, 3.8) is 0 Å². The lowest BCUT2D eigenvalue weighted by molar-refractivity contribution is -0.117. The SMILES string of the molecule is CC1CCN(c2ccc(NC(=O)C3COC(=O)N3)cc2)CC1. The van der Waals surface area contributed by atoms with Crippen molar-refractivity contribution >= 4 is 23.4 Å². The fourth-order valence-corrected chi connectivity index (χ4v) is 2.78. The van der Waals surface area contributed by atoms with Gasteiger partial charge >= 0.3 is 6.09 Å². The highest BCUT2D eigenvalue weighted by Gasteiger charge is 2.28. The van der Waals surface area contributed by atoms with Crippen LogP contribution in [-0.2, 0) is 9.53 Å². The molecular weight excluding hydrogens is 282 g/mol. The van der Waals surface area contributed by atoms with E-state index in [1.807, 2.05) is 24.3 Å². The molecule has 2 amide bonds. The summed E-state index contributed by atoms with van der Waals surface area (Å²) in [6, 6.07) is 7.21. The van der Waals surface area contributed by atoms with E-state index in [9.17, 15) is 9.59 Å². The van der Waals surface area contributed by atoms with Gasteiger partial charge in [0.05, 0.1) is 0 Å². The second-order valence-electron chi connectivity index (χ2n) is 6.00. The van der Waals surface area contributed by atoms with Crippen LogP contribution in [0.15, 0.2) is 24.3 Å². The summed E-state index contributed by atoms with van der Waals surface area (Å²) in [5, 5.41) is 5.25. The van der Waals surface area contributed by atoms with E-state index in [1.165, 1.54) is 18.5 Å². The molecule has 0 radical (unpaired) electrons. The van der Waals surface area contributed by atoms with E-state index in [-0.39, 0.29) is 12.5 Å². The maximum Gasteiger partial charge on any atom is 0.407 e. The van der Waals surface area contributed by atoms with Crippen LogP contribution in [0.2, 0.25) is 0 Å². The van der Waals surface area contributed by atoms with Crippen molar-refractivity contribution in [3.05, 3.63) is 24.3 Å². The van der Waals surface area contributed by atoms with Crippen LogP contribution >= 0.6 is 0 Å². The molecule has 6 nitrogen and oxygen atoms in total. The number of nitrogens with one attached hydrogen (secondary N) is 2. The number of cyclic esters (lactones) is 1. The second kappa shape index (κ2) is 6.25. The van der Waals surface area contributed by atoms with E-state index >= 15 is 0 Å². The predicted molar refractivity (Wildman–Crippen MR) is 84.0 cm³/mol. The quantitative estimate of drug-likeness (QED) is 0.895. The molecule has 1 unspecified atom stereocenters. The van der Waals surface area contributed by atoms with Crippen LogP contribution in [0.1, 0.15) is 19.8 Å². The number of hydrogen-bond acceptors (Lipinski definition) is 4. The smallest absolute Gasteiger partial charge is 0.407 e. The molecule has 2 saturated heterocycles. The third-order valence-electron chi connectivity index (χ3n) is 4.27. The summed E-state index contributed by atoms with van der Waals surface area (Å²) in [5.41, 5.74) is 1.91. The lowest BCUT2D eigenvalue weighted by Crippen LogP contribution is -2.38. The molecule has 0 saturated carbocycles. The van der Waals surface area contributed by atoms with Gasteiger partial charge in [-0.05, 0) is 43.0 Å². The average molecular weight is 303 g/mol. The first-order valence-corrected chi connectivity index (χ1v) is 7.71. The van der Waals surface area contributed by atoms with E-state index < -0.39 is 12.1 Å². The zero-order valence-electron chi connectivity index (χ0n) is 12.7. The molecule has 1 aromatic carbocycles. The highest BCUT2D eigenvalue weighted by Crippen LogP contribution is 2.24. The highest BCUT2D eigenvalue weighted by atomic mass is 16.6. The second-order valence-corrected chi connectivity index (χ2v) is 6.00. The number of piperidine rings is 1. The molecule has 0 aromatic heterocycles. The highest BCUT2D eigenvalue weighted by molar-refractivity contribution is 5.97. The Morgan fingerprint density at radius 1 is 1.27 bits per heavy atom. The molecule has 0 bridgehead atoms. The maximum atomic E-state index is 12.0. The minimum Gasteiger partial charge on any atom is -0.447 e. The van der Waals surface area contributed by atoms with E-state index in [0.29, 0.717) is 0 Å². The summed E-state index contributed by atoms with van der Waals surface area (Å²) in [7, 11) is 0. The van der Waals surface area contributed by atoms with E-state index in [4.69, 9.17) is 4.74 Å². The van der Waals surface area contributed by atoms with Gasteiger partial charge in [0.1, 0.15) is 12.6 Å². The van der Waals surface area contributed by atoms with Crippen LogP contribution < -0.4 is 15.5 Å². The minimum atomic E-state index is -0.615. The van der Waals surface area contributed by atoms with Gasteiger partial charge in [-0.15, -0.1) is 0 Å². The van der Waals surface area contributed by atoms with Gasteiger partial charge in [0, 0.05) is 24.5 Å². The number of alkyl carbamates (subject to hydrolysis) is 1. The number of hydrogen-bond donors (Lipinski definition) is 2. The van der Waals surface area contributed by atoms with Crippen molar-refractivity contribution in [1.82, 2.24) is 5.32 Å². The Hall–Kier alpha value is -2.24. The maximum absolute atomic E-state index is 12.0. The third kappa shape index (κ3) is 3.32. The van der Waals surface area contributed by atoms with Crippen molar-refractivity contribution in [2.24, 2.45) is 5.92 Å². The Bertz CT molecular complexity index is 550. The average Bonchev–Trinajstić information content (AvgIpc) is 2.96. The van der Waals surface area contributed by atoms with E-state index in [1.54, 1.807) is 0 Å². The topological polar surface area (TPSA) is 70.7 Å². The fraction of sp³-hybridized carbons (Fsp3) is 0.500. The van der Waals surface area contributed by atoms with Crippen LogP contribution in [0, 0.1) is 5.92 Å². The third-order valence-corrected chi connectivity index (χ3v) is 4.27. The molecule has 2 aliphatic heterocycles. The number of carbonyl (C=O) groups excluding carboxylic acids is 2. The predicted octanol–water partition coefficient (Wildman–Crippen LogP) is 1.97. The Morgan fingerprint density at radius 2 is 1.95 bits per heavy atom. The lowest BCUT2D eigenvalue weighted by Gasteiger charge is -2.32. The first-order valence-electron chi connectivity index (χ1n) is 7.71. The summed E-state index contributed by atoms with van der Waals surface area (Å²) < 4.78 is 4.71. The molecule has 2 heterocycles. The van der Waals surface area contributed by atoms with Gasteiger partial charge in [-0.25, -0.2) is 4.79 Å². The molecule has 3 rings (SSSR count).